The first-order chi connectivity index (χ1) is 7.06. The van der Waals surface area contributed by atoms with Crippen molar-refractivity contribution in [3.63, 3.8) is 0 Å². The molecule has 0 aromatic rings. The highest BCUT2D eigenvalue weighted by Crippen LogP contribution is 2.74. The van der Waals surface area contributed by atoms with E-state index in [1.54, 1.807) is 0 Å². The molecule has 4 aliphatic rings. The first-order valence-corrected chi connectivity index (χ1v) is 5.97. The molecule has 15 heavy (non-hydrogen) atoms. The lowest BCUT2D eigenvalue weighted by Crippen LogP contribution is -2.36. The molecule has 0 radical (unpaired) electrons. The molecular weight excluding hydrogens is 188 g/mol. The smallest absolute Gasteiger partial charge is 0.310 e. The van der Waals surface area contributed by atoms with E-state index in [1.807, 2.05) is 0 Å². The predicted octanol–water partition coefficient (Wildman–Crippen LogP) is 2.15. The predicted molar refractivity (Wildman–Crippen MR) is 54.9 cm³/mol. The summed E-state index contributed by atoms with van der Waals surface area (Å²) in [5.74, 6) is 1.44. The van der Waals surface area contributed by atoms with Gasteiger partial charge in [-0.1, -0.05) is 19.1 Å². The molecule has 1 saturated heterocycles. The molecule has 2 saturated carbocycles. The van der Waals surface area contributed by atoms with E-state index < -0.39 is 0 Å². The summed E-state index contributed by atoms with van der Waals surface area (Å²) in [4.78, 5) is 11.9. The van der Waals surface area contributed by atoms with E-state index in [0.717, 1.165) is 0 Å². The molecule has 0 N–H and O–H groups in total. The zero-order chi connectivity index (χ0) is 10.4. The van der Waals surface area contributed by atoms with Crippen LogP contribution in [0.1, 0.15) is 26.7 Å². The summed E-state index contributed by atoms with van der Waals surface area (Å²) < 4.78 is 5.43. The number of fused-ring (bicyclic) bond motifs is 5. The van der Waals surface area contributed by atoms with E-state index in [4.69, 9.17) is 4.74 Å². The lowest BCUT2D eigenvalue weighted by molar-refractivity contribution is -0.146. The first kappa shape index (κ1) is 8.37. The first-order valence-electron chi connectivity index (χ1n) is 5.97. The van der Waals surface area contributed by atoms with Gasteiger partial charge in [0.05, 0.1) is 5.92 Å². The summed E-state index contributed by atoms with van der Waals surface area (Å²) in [7, 11) is 0. The van der Waals surface area contributed by atoms with Crippen molar-refractivity contribution in [3.8, 4) is 0 Å². The quantitative estimate of drug-likeness (QED) is 0.446. The Morgan fingerprint density at radius 1 is 1.47 bits per heavy atom. The minimum absolute atomic E-state index is 0.0728. The number of carbonyl (C=O) groups excluding carboxylic acids is 1. The van der Waals surface area contributed by atoms with Crippen molar-refractivity contribution in [2.45, 2.75) is 32.8 Å². The number of cyclic esters (lactones) is 1. The third-order valence-corrected chi connectivity index (χ3v) is 5.52. The van der Waals surface area contributed by atoms with Gasteiger partial charge in [-0.3, -0.25) is 4.79 Å². The molecule has 4 rings (SSSR count). The van der Waals surface area contributed by atoms with Crippen molar-refractivity contribution >= 4 is 5.97 Å². The van der Waals surface area contributed by atoms with E-state index in [9.17, 15) is 4.79 Å². The Hall–Kier alpha value is -0.790. The van der Waals surface area contributed by atoms with E-state index in [0.29, 0.717) is 17.3 Å². The van der Waals surface area contributed by atoms with E-state index >= 15 is 0 Å². The summed E-state index contributed by atoms with van der Waals surface area (Å²) in [5, 5.41) is 0. The Balaban J connectivity index is 1.90. The van der Waals surface area contributed by atoms with Crippen LogP contribution in [0.4, 0.5) is 0 Å². The number of carbonyl (C=O) groups is 1. The zero-order valence-electron chi connectivity index (χ0n) is 9.19. The number of hydrogen-bond acceptors (Lipinski definition) is 2. The van der Waals surface area contributed by atoms with Gasteiger partial charge in [-0.05, 0) is 31.1 Å². The molecule has 3 aliphatic carbocycles. The van der Waals surface area contributed by atoms with Gasteiger partial charge in [-0.2, -0.15) is 0 Å². The van der Waals surface area contributed by atoms with Crippen LogP contribution in [0, 0.1) is 28.6 Å². The average Bonchev–Trinajstić information content (AvgIpc) is 2.79. The van der Waals surface area contributed by atoms with Crippen LogP contribution in [0.2, 0.25) is 0 Å². The van der Waals surface area contributed by atoms with Gasteiger partial charge in [0, 0.05) is 11.3 Å². The van der Waals surface area contributed by atoms with Gasteiger partial charge in [-0.25, -0.2) is 0 Å². The van der Waals surface area contributed by atoms with Gasteiger partial charge >= 0.3 is 5.97 Å². The van der Waals surface area contributed by atoms with Gasteiger partial charge in [-0.15, -0.1) is 0 Å². The fourth-order valence-electron chi connectivity index (χ4n) is 5.08. The molecule has 3 bridgehead atoms. The van der Waals surface area contributed by atoms with Crippen LogP contribution >= 0.6 is 0 Å². The maximum absolute atomic E-state index is 11.9. The summed E-state index contributed by atoms with van der Waals surface area (Å²) in [6.07, 6.45) is 7.27. The maximum Gasteiger partial charge on any atom is 0.310 e. The number of allylic oxidation sites excluding steroid dienone is 2. The second-order valence-corrected chi connectivity index (χ2v) is 6.26. The second-order valence-electron chi connectivity index (χ2n) is 6.26. The van der Waals surface area contributed by atoms with Crippen molar-refractivity contribution < 1.29 is 9.53 Å². The number of ether oxygens (including phenoxy) is 1. The molecule has 0 aromatic carbocycles. The van der Waals surface area contributed by atoms with Crippen molar-refractivity contribution in [1.82, 2.24) is 0 Å². The summed E-state index contributed by atoms with van der Waals surface area (Å²) >= 11 is 0. The van der Waals surface area contributed by atoms with Crippen molar-refractivity contribution in [3.05, 3.63) is 12.2 Å². The Kier molecular flexibility index (Phi) is 1.13. The van der Waals surface area contributed by atoms with Gasteiger partial charge < -0.3 is 4.74 Å². The van der Waals surface area contributed by atoms with Crippen LogP contribution in [0.25, 0.3) is 0 Å². The highest BCUT2D eigenvalue weighted by molar-refractivity contribution is 5.78. The van der Waals surface area contributed by atoms with Crippen LogP contribution in [0.3, 0.4) is 0 Å². The summed E-state index contributed by atoms with van der Waals surface area (Å²) in [6, 6.07) is 0. The largest absolute Gasteiger partial charge is 0.462 e. The number of esters is 1. The molecule has 6 atom stereocenters. The fourth-order valence-corrected chi connectivity index (χ4v) is 5.08. The third-order valence-electron chi connectivity index (χ3n) is 5.52. The SMILES string of the molecule is C[C@@H]1OC(=O)[C@H]2[C@@H]1[C@@H]1C[C@@]23C=CC1(C)C3. The monoisotopic (exact) mass is 204 g/mol. The summed E-state index contributed by atoms with van der Waals surface area (Å²) in [6.45, 7) is 4.43. The molecule has 2 nitrogen and oxygen atoms in total. The topological polar surface area (TPSA) is 26.3 Å². The minimum atomic E-state index is 0.0728. The molecule has 1 unspecified atom stereocenters. The van der Waals surface area contributed by atoms with Gasteiger partial charge in [0.15, 0.2) is 0 Å². The fraction of sp³-hybridized carbons (Fsp3) is 0.769. The van der Waals surface area contributed by atoms with Crippen LogP contribution in [0.5, 0.6) is 0 Å². The molecule has 0 aromatic heterocycles. The van der Waals surface area contributed by atoms with Gasteiger partial charge in [0.2, 0.25) is 0 Å². The van der Waals surface area contributed by atoms with Crippen LogP contribution < -0.4 is 0 Å². The zero-order valence-corrected chi connectivity index (χ0v) is 9.19. The van der Waals surface area contributed by atoms with E-state index in [2.05, 4.69) is 26.0 Å². The molecule has 1 heterocycles. The van der Waals surface area contributed by atoms with Gasteiger partial charge in [0.25, 0.3) is 0 Å². The molecule has 3 fully saturated rings. The highest BCUT2D eigenvalue weighted by atomic mass is 16.6. The van der Waals surface area contributed by atoms with Crippen LogP contribution in [-0.2, 0) is 9.53 Å². The molecule has 80 valence electrons. The Morgan fingerprint density at radius 2 is 2.27 bits per heavy atom. The molecule has 1 spiro atoms. The van der Waals surface area contributed by atoms with Crippen LogP contribution in [0.15, 0.2) is 12.2 Å². The van der Waals surface area contributed by atoms with Crippen molar-refractivity contribution in [2.75, 3.05) is 0 Å². The lowest BCUT2D eigenvalue weighted by atomic mass is 9.65. The minimum Gasteiger partial charge on any atom is -0.462 e. The summed E-state index contributed by atoms with van der Waals surface area (Å²) in [5.41, 5.74) is 0.551. The van der Waals surface area contributed by atoms with E-state index in [1.165, 1.54) is 12.8 Å². The van der Waals surface area contributed by atoms with Crippen LogP contribution in [-0.4, -0.2) is 12.1 Å². The third kappa shape index (κ3) is 0.685. The molecule has 1 aliphatic heterocycles. The van der Waals surface area contributed by atoms with Gasteiger partial charge in [0.1, 0.15) is 6.10 Å². The highest BCUT2D eigenvalue weighted by Gasteiger charge is 2.72. The number of hydrogen-bond donors (Lipinski definition) is 0. The Bertz CT molecular complexity index is 399. The normalized spacial score (nSPS) is 63.7. The Morgan fingerprint density at radius 3 is 3.07 bits per heavy atom. The average molecular weight is 204 g/mol. The Labute approximate surface area is 89.7 Å². The lowest BCUT2D eigenvalue weighted by Gasteiger charge is -2.36. The number of rotatable bonds is 0. The second kappa shape index (κ2) is 2.02. The molecule has 0 amide bonds. The van der Waals surface area contributed by atoms with Crippen molar-refractivity contribution in [1.29, 1.82) is 0 Å². The molecule has 2 heteroatoms. The maximum atomic E-state index is 11.9. The molecular formula is C13H16O2. The standard InChI is InChI=1S/C13H16O2/c1-7-9-8-5-13(10(9)11(14)15-7)4-3-12(8,2)6-13/h3-4,7-10H,5-6H2,1-2H3/t7-,8-,9-,10+,12?,13+/m0/s1. The van der Waals surface area contributed by atoms with E-state index in [-0.39, 0.29) is 23.4 Å². The van der Waals surface area contributed by atoms with Crippen molar-refractivity contribution in [2.24, 2.45) is 28.6 Å².